The SMILES string of the molecule is O=C1NC(c2ccccc2F)=N/C1=C/c1ccc2c(c1)OCO2. The van der Waals surface area contributed by atoms with Crippen LogP contribution in [0.3, 0.4) is 0 Å². The molecule has 0 radical (unpaired) electrons. The van der Waals surface area contributed by atoms with Crippen LogP contribution in [-0.2, 0) is 4.79 Å². The van der Waals surface area contributed by atoms with Gasteiger partial charge in [-0.25, -0.2) is 9.38 Å². The van der Waals surface area contributed by atoms with Gasteiger partial charge in [-0.05, 0) is 35.9 Å². The lowest BCUT2D eigenvalue weighted by Crippen LogP contribution is -2.25. The van der Waals surface area contributed by atoms with Gasteiger partial charge in [0.2, 0.25) is 6.79 Å². The topological polar surface area (TPSA) is 59.9 Å². The summed E-state index contributed by atoms with van der Waals surface area (Å²) in [6.45, 7) is 0.186. The molecular formula is C17H11FN2O3. The number of amidine groups is 1. The van der Waals surface area contributed by atoms with Crippen LogP contribution in [0.2, 0.25) is 0 Å². The van der Waals surface area contributed by atoms with Crippen molar-refractivity contribution in [2.75, 3.05) is 6.79 Å². The molecule has 0 fully saturated rings. The third-order valence-corrected chi connectivity index (χ3v) is 3.53. The van der Waals surface area contributed by atoms with Crippen molar-refractivity contribution in [2.24, 2.45) is 4.99 Å². The molecule has 0 aliphatic carbocycles. The van der Waals surface area contributed by atoms with Gasteiger partial charge in [-0.3, -0.25) is 4.79 Å². The number of hydrogen-bond donors (Lipinski definition) is 1. The Hall–Kier alpha value is -3.15. The lowest BCUT2D eigenvalue weighted by Gasteiger charge is -2.00. The Bertz CT molecular complexity index is 874. The number of carbonyl (C=O) groups excluding carboxylic acids is 1. The van der Waals surface area contributed by atoms with E-state index in [1.54, 1.807) is 42.5 Å². The van der Waals surface area contributed by atoms with E-state index in [-0.39, 0.29) is 29.8 Å². The number of amides is 1. The summed E-state index contributed by atoms with van der Waals surface area (Å²) in [6.07, 6.45) is 1.62. The molecule has 0 bridgehead atoms. The van der Waals surface area contributed by atoms with Crippen molar-refractivity contribution in [1.82, 2.24) is 5.32 Å². The van der Waals surface area contributed by atoms with Crippen molar-refractivity contribution in [3.8, 4) is 11.5 Å². The average molecular weight is 310 g/mol. The predicted molar refractivity (Wildman–Crippen MR) is 81.6 cm³/mol. The van der Waals surface area contributed by atoms with Crippen LogP contribution in [0.1, 0.15) is 11.1 Å². The molecule has 0 saturated heterocycles. The van der Waals surface area contributed by atoms with E-state index in [0.717, 1.165) is 5.56 Å². The molecule has 6 heteroatoms. The van der Waals surface area contributed by atoms with E-state index in [9.17, 15) is 9.18 Å². The molecule has 0 aromatic heterocycles. The van der Waals surface area contributed by atoms with Crippen molar-refractivity contribution in [3.05, 3.63) is 65.1 Å². The maximum absolute atomic E-state index is 13.8. The molecule has 2 aliphatic heterocycles. The number of aliphatic imine (C=N–C) groups is 1. The molecule has 4 rings (SSSR count). The number of rotatable bonds is 2. The molecule has 0 saturated carbocycles. The molecule has 0 unspecified atom stereocenters. The molecule has 2 heterocycles. The molecule has 1 N–H and O–H groups in total. The highest BCUT2D eigenvalue weighted by molar-refractivity contribution is 6.19. The number of ether oxygens (including phenoxy) is 2. The largest absolute Gasteiger partial charge is 0.454 e. The van der Waals surface area contributed by atoms with Crippen LogP contribution in [-0.4, -0.2) is 18.5 Å². The Morgan fingerprint density at radius 3 is 2.83 bits per heavy atom. The summed E-state index contributed by atoms with van der Waals surface area (Å²) < 4.78 is 24.3. The zero-order valence-electron chi connectivity index (χ0n) is 11.9. The van der Waals surface area contributed by atoms with Crippen LogP contribution in [0, 0.1) is 5.82 Å². The summed E-state index contributed by atoms with van der Waals surface area (Å²) in [5, 5.41) is 2.58. The van der Waals surface area contributed by atoms with Crippen LogP contribution >= 0.6 is 0 Å². The van der Waals surface area contributed by atoms with Crippen molar-refractivity contribution in [1.29, 1.82) is 0 Å². The average Bonchev–Trinajstić information content (AvgIpc) is 3.14. The number of carbonyl (C=O) groups is 1. The maximum Gasteiger partial charge on any atom is 0.275 e. The quantitative estimate of drug-likeness (QED) is 0.867. The van der Waals surface area contributed by atoms with E-state index in [2.05, 4.69) is 10.3 Å². The summed E-state index contributed by atoms with van der Waals surface area (Å²) in [6, 6.07) is 11.5. The van der Waals surface area contributed by atoms with Crippen molar-refractivity contribution in [2.45, 2.75) is 0 Å². The van der Waals surface area contributed by atoms with Gasteiger partial charge < -0.3 is 14.8 Å². The minimum atomic E-state index is -0.434. The van der Waals surface area contributed by atoms with Gasteiger partial charge in [0.25, 0.3) is 5.91 Å². The van der Waals surface area contributed by atoms with Gasteiger partial charge >= 0.3 is 0 Å². The fourth-order valence-corrected chi connectivity index (χ4v) is 2.41. The molecule has 114 valence electrons. The number of hydrogen-bond acceptors (Lipinski definition) is 4. The third kappa shape index (κ3) is 2.44. The first-order chi connectivity index (χ1) is 11.2. The Balaban J connectivity index is 1.69. The zero-order valence-corrected chi connectivity index (χ0v) is 11.9. The highest BCUT2D eigenvalue weighted by Crippen LogP contribution is 2.33. The van der Waals surface area contributed by atoms with Crippen molar-refractivity contribution < 1.29 is 18.7 Å². The Morgan fingerprint density at radius 2 is 1.96 bits per heavy atom. The summed E-state index contributed by atoms with van der Waals surface area (Å²) in [5.41, 5.74) is 1.22. The highest BCUT2D eigenvalue weighted by atomic mass is 19.1. The highest BCUT2D eigenvalue weighted by Gasteiger charge is 2.23. The first-order valence-electron chi connectivity index (χ1n) is 6.97. The van der Waals surface area contributed by atoms with E-state index in [0.29, 0.717) is 11.5 Å². The van der Waals surface area contributed by atoms with E-state index in [1.165, 1.54) is 6.07 Å². The predicted octanol–water partition coefficient (Wildman–Crippen LogP) is 2.47. The van der Waals surface area contributed by atoms with Crippen molar-refractivity contribution in [3.63, 3.8) is 0 Å². The molecule has 2 aliphatic rings. The third-order valence-electron chi connectivity index (χ3n) is 3.53. The minimum absolute atomic E-state index is 0.186. The summed E-state index contributed by atoms with van der Waals surface area (Å²) in [5.74, 6) is 0.687. The second-order valence-corrected chi connectivity index (χ2v) is 5.04. The minimum Gasteiger partial charge on any atom is -0.454 e. The van der Waals surface area contributed by atoms with E-state index >= 15 is 0 Å². The molecule has 2 aromatic rings. The van der Waals surface area contributed by atoms with Gasteiger partial charge in [0, 0.05) is 0 Å². The molecule has 0 spiro atoms. The van der Waals surface area contributed by atoms with E-state index < -0.39 is 5.82 Å². The summed E-state index contributed by atoms with van der Waals surface area (Å²) in [4.78, 5) is 16.2. The van der Waals surface area contributed by atoms with Crippen LogP contribution in [0.15, 0.2) is 53.2 Å². The van der Waals surface area contributed by atoms with Crippen LogP contribution in [0.5, 0.6) is 11.5 Å². The van der Waals surface area contributed by atoms with Gasteiger partial charge in [0.05, 0.1) is 5.56 Å². The van der Waals surface area contributed by atoms with Crippen LogP contribution in [0.25, 0.3) is 6.08 Å². The molecular weight excluding hydrogens is 299 g/mol. The fourth-order valence-electron chi connectivity index (χ4n) is 2.41. The molecule has 23 heavy (non-hydrogen) atoms. The second-order valence-electron chi connectivity index (χ2n) is 5.04. The smallest absolute Gasteiger partial charge is 0.275 e. The van der Waals surface area contributed by atoms with Crippen LogP contribution in [0.4, 0.5) is 4.39 Å². The normalized spacial score (nSPS) is 17.3. The zero-order chi connectivity index (χ0) is 15.8. The number of benzene rings is 2. The Kier molecular flexibility index (Phi) is 3.08. The van der Waals surface area contributed by atoms with Crippen LogP contribution < -0.4 is 14.8 Å². The number of fused-ring (bicyclic) bond motifs is 1. The summed E-state index contributed by atoms with van der Waals surface area (Å²) >= 11 is 0. The molecule has 5 nitrogen and oxygen atoms in total. The monoisotopic (exact) mass is 310 g/mol. The van der Waals surface area contributed by atoms with Gasteiger partial charge in [-0.15, -0.1) is 0 Å². The number of nitrogens with zero attached hydrogens (tertiary/aromatic N) is 1. The molecule has 0 atom stereocenters. The maximum atomic E-state index is 13.8. The van der Waals surface area contributed by atoms with Crippen molar-refractivity contribution >= 4 is 17.8 Å². The molecule has 1 amide bonds. The van der Waals surface area contributed by atoms with E-state index in [1.807, 2.05) is 0 Å². The molecule has 2 aromatic carbocycles. The van der Waals surface area contributed by atoms with Gasteiger partial charge in [-0.2, -0.15) is 0 Å². The Labute approximate surface area is 131 Å². The van der Waals surface area contributed by atoms with Gasteiger partial charge in [-0.1, -0.05) is 18.2 Å². The summed E-state index contributed by atoms with van der Waals surface area (Å²) in [7, 11) is 0. The lowest BCUT2D eigenvalue weighted by atomic mass is 10.1. The first kappa shape index (κ1) is 13.5. The second kappa shape index (κ2) is 5.24. The van der Waals surface area contributed by atoms with Gasteiger partial charge in [0.15, 0.2) is 11.5 Å². The fraction of sp³-hybridized carbons (Fsp3) is 0.0588. The lowest BCUT2D eigenvalue weighted by molar-refractivity contribution is -0.115. The van der Waals surface area contributed by atoms with E-state index in [4.69, 9.17) is 9.47 Å². The number of nitrogens with one attached hydrogen (secondary N) is 1. The standard InChI is InChI=1S/C17H11FN2O3/c18-12-4-2-1-3-11(12)16-19-13(17(21)20-16)7-10-5-6-14-15(8-10)23-9-22-14/h1-8H,9H2,(H,19,20,21)/b13-7+. The number of halogens is 1. The Morgan fingerprint density at radius 1 is 1.13 bits per heavy atom. The van der Waals surface area contributed by atoms with Gasteiger partial charge in [0.1, 0.15) is 17.3 Å². The first-order valence-corrected chi connectivity index (χ1v) is 6.97.